The largest absolute Gasteiger partial charge is 0.477 e. The molecule has 0 aromatic heterocycles. The Hall–Kier alpha value is -0.750. The first-order valence-corrected chi connectivity index (χ1v) is 5.72. The summed E-state index contributed by atoms with van der Waals surface area (Å²) in [4.78, 5) is 15.2. The van der Waals surface area contributed by atoms with Crippen molar-refractivity contribution < 1.29 is 19.5 Å². The Morgan fingerprint density at radius 3 is 2.73 bits per heavy atom. The summed E-state index contributed by atoms with van der Waals surface area (Å²) in [5.74, 6) is -0.307. The standard InChI is InChI=1S/C9H17NO4S/c1-4-14-5-6-15-7(2)8(9(11)12)10-13-3/h7H,4-6H2,1-3H3,(H,11,12). The molecule has 0 aromatic carbocycles. The Labute approximate surface area is 93.8 Å². The third-order valence-electron chi connectivity index (χ3n) is 1.59. The molecule has 88 valence electrons. The lowest BCUT2D eigenvalue weighted by atomic mass is 10.3. The zero-order valence-corrected chi connectivity index (χ0v) is 10.0. The number of carboxylic acids is 1. The zero-order chi connectivity index (χ0) is 11.7. The quantitative estimate of drug-likeness (QED) is 0.389. The summed E-state index contributed by atoms with van der Waals surface area (Å²) in [6.45, 7) is 4.99. The summed E-state index contributed by atoms with van der Waals surface area (Å²) in [5.41, 5.74) is 0.0269. The number of aliphatic carboxylic acids is 1. The summed E-state index contributed by atoms with van der Waals surface area (Å²) < 4.78 is 5.14. The Bertz CT molecular complexity index is 220. The second-order valence-corrected chi connectivity index (χ2v) is 4.12. The molecule has 0 saturated carbocycles. The minimum Gasteiger partial charge on any atom is -0.477 e. The molecular formula is C9H17NO4S. The van der Waals surface area contributed by atoms with E-state index in [1.54, 1.807) is 6.92 Å². The lowest BCUT2D eigenvalue weighted by molar-refractivity contribution is -0.129. The van der Waals surface area contributed by atoms with E-state index in [1.165, 1.54) is 18.9 Å². The van der Waals surface area contributed by atoms with E-state index in [-0.39, 0.29) is 11.0 Å². The van der Waals surface area contributed by atoms with Crippen LogP contribution in [-0.2, 0) is 14.4 Å². The van der Waals surface area contributed by atoms with Crippen LogP contribution in [0.15, 0.2) is 5.16 Å². The van der Waals surface area contributed by atoms with Crippen LogP contribution in [-0.4, -0.2) is 48.1 Å². The van der Waals surface area contributed by atoms with Crippen LogP contribution in [0.5, 0.6) is 0 Å². The van der Waals surface area contributed by atoms with Gasteiger partial charge in [0.05, 0.1) is 11.9 Å². The van der Waals surface area contributed by atoms with Gasteiger partial charge < -0.3 is 14.7 Å². The molecule has 0 bridgehead atoms. The van der Waals surface area contributed by atoms with Gasteiger partial charge in [0.25, 0.3) is 0 Å². The maximum absolute atomic E-state index is 10.8. The summed E-state index contributed by atoms with van der Waals surface area (Å²) >= 11 is 1.48. The molecule has 0 aliphatic heterocycles. The van der Waals surface area contributed by atoms with Crippen LogP contribution in [0.2, 0.25) is 0 Å². The van der Waals surface area contributed by atoms with E-state index in [1.807, 2.05) is 6.92 Å². The van der Waals surface area contributed by atoms with Crippen molar-refractivity contribution in [2.24, 2.45) is 5.16 Å². The average molecular weight is 235 g/mol. The smallest absolute Gasteiger partial charge is 0.354 e. The van der Waals surface area contributed by atoms with Crippen molar-refractivity contribution in [1.29, 1.82) is 0 Å². The second kappa shape index (κ2) is 8.55. The fraction of sp³-hybridized carbons (Fsp3) is 0.778. The van der Waals surface area contributed by atoms with Crippen LogP contribution in [0.25, 0.3) is 0 Å². The third kappa shape index (κ3) is 6.35. The number of nitrogens with zero attached hydrogens (tertiary/aromatic N) is 1. The zero-order valence-electron chi connectivity index (χ0n) is 9.23. The molecule has 15 heavy (non-hydrogen) atoms. The molecule has 0 amide bonds. The molecule has 1 unspecified atom stereocenters. The molecule has 1 atom stereocenters. The summed E-state index contributed by atoms with van der Waals surface area (Å²) in [6.07, 6.45) is 0. The third-order valence-corrected chi connectivity index (χ3v) is 2.72. The van der Waals surface area contributed by atoms with Gasteiger partial charge in [-0.15, -0.1) is 11.8 Å². The van der Waals surface area contributed by atoms with Gasteiger partial charge in [-0.3, -0.25) is 0 Å². The number of carbonyl (C=O) groups is 1. The molecular weight excluding hydrogens is 218 g/mol. The first-order valence-electron chi connectivity index (χ1n) is 4.67. The van der Waals surface area contributed by atoms with Crippen molar-refractivity contribution in [3.05, 3.63) is 0 Å². The molecule has 0 spiro atoms. The van der Waals surface area contributed by atoms with Crippen LogP contribution in [0.3, 0.4) is 0 Å². The molecule has 0 aliphatic rings. The topological polar surface area (TPSA) is 68.1 Å². The van der Waals surface area contributed by atoms with Gasteiger partial charge >= 0.3 is 5.97 Å². The van der Waals surface area contributed by atoms with Crippen molar-refractivity contribution in [2.75, 3.05) is 26.1 Å². The molecule has 1 N–H and O–H groups in total. The predicted molar refractivity (Wildman–Crippen MR) is 60.5 cm³/mol. The molecule has 5 nitrogen and oxygen atoms in total. The highest BCUT2D eigenvalue weighted by Crippen LogP contribution is 2.12. The monoisotopic (exact) mass is 235 g/mol. The lowest BCUT2D eigenvalue weighted by Crippen LogP contribution is -2.24. The van der Waals surface area contributed by atoms with E-state index >= 15 is 0 Å². The first kappa shape index (κ1) is 14.2. The minimum atomic E-state index is -1.05. The van der Waals surface area contributed by atoms with Crippen molar-refractivity contribution in [3.8, 4) is 0 Å². The highest BCUT2D eigenvalue weighted by atomic mass is 32.2. The van der Waals surface area contributed by atoms with E-state index in [0.717, 1.165) is 5.75 Å². The molecule has 0 aromatic rings. The molecule has 6 heteroatoms. The predicted octanol–water partition coefficient (Wildman–Crippen LogP) is 1.23. The maximum Gasteiger partial charge on any atom is 0.354 e. The Kier molecular flexibility index (Phi) is 8.12. The summed E-state index contributed by atoms with van der Waals surface area (Å²) in [6, 6.07) is 0. The number of thioether (sulfide) groups is 1. The van der Waals surface area contributed by atoms with E-state index in [4.69, 9.17) is 9.84 Å². The van der Waals surface area contributed by atoms with Gasteiger partial charge in [-0.1, -0.05) is 5.16 Å². The van der Waals surface area contributed by atoms with Gasteiger partial charge in [-0.05, 0) is 13.8 Å². The molecule has 0 heterocycles. The van der Waals surface area contributed by atoms with Crippen LogP contribution < -0.4 is 0 Å². The second-order valence-electron chi connectivity index (χ2n) is 2.67. The number of carboxylic acid groups (broad SMARTS) is 1. The normalized spacial score (nSPS) is 13.7. The van der Waals surface area contributed by atoms with E-state index in [0.29, 0.717) is 13.2 Å². The SMILES string of the molecule is CCOCCSC(C)C(=NOC)C(=O)O. The molecule has 0 rings (SSSR count). The lowest BCUT2D eigenvalue weighted by Gasteiger charge is -2.09. The van der Waals surface area contributed by atoms with Crippen molar-refractivity contribution in [1.82, 2.24) is 0 Å². The highest BCUT2D eigenvalue weighted by Gasteiger charge is 2.19. The van der Waals surface area contributed by atoms with Gasteiger partial charge in [0, 0.05) is 12.4 Å². The van der Waals surface area contributed by atoms with Crippen molar-refractivity contribution >= 4 is 23.4 Å². The summed E-state index contributed by atoms with van der Waals surface area (Å²) in [7, 11) is 1.33. The van der Waals surface area contributed by atoms with Crippen LogP contribution in [0.1, 0.15) is 13.8 Å². The fourth-order valence-corrected chi connectivity index (χ4v) is 1.76. The van der Waals surface area contributed by atoms with Gasteiger partial charge in [0.2, 0.25) is 0 Å². The van der Waals surface area contributed by atoms with E-state index < -0.39 is 5.97 Å². The van der Waals surface area contributed by atoms with Gasteiger partial charge in [0.1, 0.15) is 7.11 Å². The van der Waals surface area contributed by atoms with Crippen LogP contribution >= 0.6 is 11.8 Å². The molecule has 0 saturated heterocycles. The Morgan fingerprint density at radius 2 is 2.27 bits per heavy atom. The fourth-order valence-electron chi connectivity index (χ4n) is 0.893. The van der Waals surface area contributed by atoms with E-state index in [9.17, 15) is 4.79 Å². The number of hydrogen-bond acceptors (Lipinski definition) is 5. The molecule has 0 fully saturated rings. The van der Waals surface area contributed by atoms with Crippen LogP contribution in [0, 0.1) is 0 Å². The molecule has 0 aliphatic carbocycles. The summed E-state index contributed by atoms with van der Waals surface area (Å²) in [5, 5.41) is 12.1. The van der Waals surface area contributed by atoms with E-state index in [2.05, 4.69) is 9.99 Å². The van der Waals surface area contributed by atoms with Gasteiger partial charge in [-0.2, -0.15) is 0 Å². The van der Waals surface area contributed by atoms with Crippen LogP contribution in [0.4, 0.5) is 0 Å². The Morgan fingerprint density at radius 1 is 1.60 bits per heavy atom. The van der Waals surface area contributed by atoms with Gasteiger partial charge in [0.15, 0.2) is 5.71 Å². The number of oxime groups is 1. The first-order chi connectivity index (χ1) is 7.13. The highest BCUT2D eigenvalue weighted by molar-refractivity contribution is 8.00. The average Bonchev–Trinajstić information content (AvgIpc) is 2.20. The molecule has 0 radical (unpaired) electrons. The van der Waals surface area contributed by atoms with Gasteiger partial charge in [-0.25, -0.2) is 4.79 Å². The van der Waals surface area contributed by atoms with Crippen molar-refractivity contribution in [2.45, 2.75) is 19.1 Å². The minimum absolute atomic E-state index is 0.0269. The number of hydrogen-bond donors (Lipinski definition) is 1. The Balaban J connectivity index is 3.99. The number of ether oxygens (including phenoxy) is 1. The van der Waals surface area contributed by atoms with Crippen molar-refractivity contribution in [3.63, 3.8) is 0 Å². The number of rotatable bonds is 8. The maximum atomic E-state index is 10.8.